The van der Waals surface area contributed by atoms with E-state index >= 15 is 0 Å². The van der Waals surface area contributed by atoms with Crippen molar-refractivity contribution in [3.8, 4) is 5.75 Å². The van der Waals surface area contributed by atoms with Gasteiger partial charge in [-0.15, -0.1) is 0 Å². The molecule has 0 aliphatic heterocycles. The minimum absolute atomic E-state index is 0.0163. The first-order valence-corrected chi connectivity index (χ1v) is 6.84. The molecule has 0 bridgehead atoms. The van der Waals surface area contributed by atoms with Crippen LogP contribution in [0.25, 0.3) is 0 Å². The minimum Gasteiger partial charge on any atom is -0.483 e. The highest BCUT2D eigenvalue weighted by Gasteiger charge is 2.06. The summed E-state index contributed by atoms with van der Waals surface area (Å²) in [7, 11) is 1.93. The molecule has 0 aliphatic carbocycles. The molecule has 112 valence electrons. The van der Waals surface area contributed by atoms with E-state index in [0.29, 0.717) is 25.3 Å². The van der Waals surface area contributed by atoms with Crippen molar-refractivity contribution in [1.29, 1.82) is 0 Å². The minimum atomic E-state index is -0.156. The highest BCUT2D eigenvalue weighted by Crippen LogP contribution is 2.16. The highest BCUT2D eigenvalue weighted by atomic mass is 16.5. The normalized spacial score (nSPS) is 10.4. The fourth-order valence-electron chi connectivity index (χ4n) is 1.96. The number of amides is 1. The molecule has 0 unspecified atom stereocenters. The van der Waals surface area contributed by atoms with Gasteiger partial charge in [-0.25, -0.2) is 4.98 Å². The zero-order valence-electron chi connectivity index (χ0n) is 12.1. The molecule has 0 aliphatic rings. The lowest BCUT2D eigenvalue weighted by Crippen LogP contribution is -2.31. The number of para-hydroxylation sites is 1. The topological polar surface area (TPSA) is 82.2 Å². The first-order valence-electron chi connectivity index (χ1n) is 6.84. The standard InChI is InChI=1S/C15H20N4O2/c1-19-9-8-17-14(19)6-7-18-15(20)11-21-13-5-3-2-4-12(13)10-16/h2-5,8-9H,6-7,10-11,16H2,1H3,(H,18,20). The number of aryl methyl sites for hydroxylation is 1. The van der Waals surface area contributed by atoms with E-state index in [1.165, 1.54) is 0 Å². The molecule has 2 rings (SSSR count). The predicted octanol–water partition coefficient (Wildman–Crippen LogP) is 0.616. The molecule has 3 N–H and O–H groups in total. The Morgan fingerprint density at radius 2 is 2.24 bits per heavy atom. The Hall–Kier alpha value is -2.34. The third kappa shape index (κ3) is 4.32. The predicted molar refractivity (Wildman–Crippen MR) is 79.8 cm³/mol. The van der Waals surface area contributed by atoms with Crippen LogP contribution in [-0.2, 0) is 24.8 Å². The number of aromatic nitrogens is 2. The van der Waals surface area contributed by atoms with E-state index in [4.69, 9.17) is 10.5 Å². The van der Waals surface area contributed by atoms with Gasteiger partial charge in [0.2, 0.25) is 0 Å². The zero-order valence-corrected chi connectivity index (χ0v) is 12.1. The first kappa shape index (κ1) is 15.1. The quantitative estimate of drug-likeness (QED) is 0.782. The molecule has 0 saturated heterocycles. The molecular weight excluding hydrogens is 268 g/mol. The number of rotatable bonds is 7. The van der Waals surface area contributed by atoms with E-state index in [9.17, 15) is 4.79 Å². The van der Waals surface area contributed by atoms with Crippen LogP contribution in [0.4, 0.5) is 0 Å². The molecule has 0 atom stereocenters. The van der Waals surface area contributed by atoms with Crippen molar-refractivity contribution in [2.24, 2.45) is 12.8 Å². The van der Waals surface area contributed by atoms with E-state index in [1.807, 2.05) is 42.1 Å². The molecule has 0 radical (unpaired) electrons. The summed E-state index contributed by atoms with van der Waals surface area (Å²) in [6.07, 6.45) is 4.31. The van der Waals surface area contributed by atoms with Crippen LogP contribution in [0.3, 0.4) is 0 Å². The molecule has 2 aromatic rings. The number of hydrogen-bond donors (Lipinski definition) is 2. The molecular formula is C15H20N4O2. The van der Waals surface area contributed by atoms with E-state index < -0.39 is 0 Å². The Balaban J connectivity index is 1.74. The number of imidazole rings is 1. The van der Waals surface area contributed by atoms with Gasteiger partial charge in [0.1, 0.15) is 11.6 Å². The zero-order chi connectivity index (χ0) is 15.1. The van der Waals surface area contributed by atoms with E-state index in [0.717, 1.165) is 11.4 Å². The number of carbonyl (C=O) groups excluding carboxylic acids is 1. The van der Waals surface area contributed by atoms with Crippen molar-refractivity contribution >= 4 is 5.91 Å². The monoisotopic (exact) mass is 288 g/mol. The number of carbonyl (C=O) groups is 1. The molecule has 1 aromatic heterocycles. The lowest BCUT2D eigenvalue weighted by molar-refractivity contribution is -0.123. The van der Waals surface area contributed by atoms with Crippen LogP contribution in [0.1, 0.15) is 11.4 Å². The van der Waals surface area contributed by atoms with Gasteiger partial charge in [-0.05, 0) is 6.07 Å². The number of benzene rings is 1. The highest BCUT2D eigenvalue weighted by molar-refractivity contribution is 5.77. The van der Waals surface area contributed by atoms with Crippen LogP contribution in [-0.4, -0.2) is 28.6 Å². The average molecular weight is 288 g/mol. The van der Waals surface area contributed by atoms with Gasteiger partial charge in [-0.2, -0.15) is 0 Å². The number of hydrogen-bond acceptors (Lipinski definition) is 4. The van der Waals surface area contributed by atoms with Crippen molar-refractivity contribution in [2.45, 2.75) is 13.0 Å². The summed E-state index contributed by atoms with van der Waals surface area (Å²) in [5, 5.41) is 2.81. The third-order valence-corrected chi connectivity index (χ3v) is 3.14. The number of ether oxygens (including phenoxy) is 1. The van der Waals surface area contributed by atoms with Gasteiger partial charge in [-0.1, -0.05) is 18.2 Å². The molecule has 1 heterocycles. The third-order valence-electron chi connectivity index (χ3n) is 3.14. The van der Waals surface area contributed by atoms with Crippen molar-refractivity contribution in [3.05, 3.63) is 48.0 Å². The smallest absolute Gasteiger partial charge is 0.257 e. The summed E-state index contributed by atoms with van der Waals surface area (Å²) in [6.45, 7) is 0.903. The lowest BCUT2D eigenvalue weighted by Gasteiger charge is -2.10. The largest absolute Gasteiger partial charge is 0.483 e. The molecule has 0 saturated carbocycles. The Morgan fingerprint density at radius 1 is 1.43 bits per heavy atom. The maximum atomic E-state index is 11.7. The van der Waals surface area contributed by atoms with Crippen LogP contribution in [0.2, 0.25) is 0 Å². The maximum absolute atomic E-state index is 11.7. The fourth-order valence-corrected chi connectivity index (χ4v) is 1.96. The Kier molecular flexibility index (Phi) is 5.34. The van der Waals surface area contributed by atoms with Crippen molar-refractivity contribution in [2.75, 3.05) is 13.2 Å². The van der Waals surface area contributed by atoms with E-state index in [2.05, 4.69) is 10.3 Å². The summed E-state index contributed by atoms with van der Waals surface area (Å²) in [5.74, 6) is 1.43. The Labute approximate surface area is 123 Å². The Bertz CT molecular complexity index is 595. The molecule has 6 heteroatoms. The van der Waals surface area contributed by atoms with Gasteiger partial charge < -0.3 is 20.4 Å². The molecule has 0 fully saturated rings. The van der Waals surface area contributed by atoms with Gasteiger partial charge >= 0.3 is 0 Å². The second kappa shape index (κ2) is 7.44. The maximum Gasteiger partial charge on any atom is 0.257 e. The number of nitrogens with zero attached hydrogens (tertiary/aromatic N) is 2. The van der Waals surface area contributed by atoms with Crippen molar-refractivity contribution in [1.82, 2.24) is 14.9 Å². The van der Waals surface area contributed by atoms with Crippen LogP contribution in [0, 0.1) is 0 Å². The second-order valence-electron chi connectivity index (χ2n) is 4.65. The summed E-state index contributed by atoms with van der Waals surface area (Å²) in [6, 6.07) is 7.44. The van der Waals surface area contributed by atoms with E-state index in [-0.39, 0.29) is 12.5 Å². The summed E-state index contributed by atoms with van der Waals surface area (Å²) in [5.41, 5.74) is 6.50. The average Bonchev–Trinajstić information content (AvgIpc) is 2.91. The summed E-state index contributed by atoms with van der Waals surface area (Å²) < 4.78 is 7.42. The summed E-state index contributed by atoms with van der Waals surface area (Å²) in [4.78, 5) is 15.9. The molecule has 1 aromatic carbocycles. The van der Waals surface area contributed by atoms with Crippen LogP contribution in [0.5, 0.6) is 5.75 Å². The lowest BCUT2D eigenvalue weighted by atomic mass is 10.2. The van der Waals surface area contributed by atoms with Crippen molar-refractivity contribution in [3.63, 3.8) is 0 Å². The van der Waals surface area contributed by atoms with Gasteiger partial charge in [0, 0.05) is 44.5 Å². The SMILES string of the molecule is Cn1ccnc1CCNC(=O)COc1ccccc1CN. The molecule has 6 nitrogen and oxygen atoms in total. The molecule has 1 amide bonds. The van der Waals surface area contributed by atoms with Crippen LogP contribution < -0.4 is 15.8 Å². The molecule has 21 heavy (non-hydrogen) atoms. The van der Waals surface area contributed by atoms with Gasteiger partial charge in [0.15, 0.2) is 6.61 Å². The fraction of sp³-hybridized carbons (Fsp3) is 0.333. The first-order chi connectivity index (χ1) is 10.2. The van der Waals surface area contributed by atoms with E-state index in [1.54, 1.807) is 6.20 Å². The van der Waals surface area contributed by atoms with Gasteiger partial charge in [-0.3, -0.25) is 4.79 Å². The van der Waals surface area contributed by atoms with Gasteiger partial charge in [0.25, 0.3) is 5.91 Å². The van der Waals surface area contributed by atoms with Gasteiger partial charge in [0.05, 0.1) is 0 Å². The summed E-state index contributed by atoms with van der Waals surface area (Å²) >= 11 is 0. The number of nitrogens with two attached hydrogens (primary N) is 1. The van der Waals surface area contributed by atoms with Crippen LogP contribution >= 0.6 is 0 Å². The Morgan fingerprint density at radius 3 is 2.95 bits per heavy atom. The van der Waals surface area contributed by atoms with Crippen molar-refractivity contribution < 1.29 is 9.53 Å². The molecule has 0 spiro atoms. The second-order valence-corrected chi connectivity index (χ2v) is 4.65. The number of nitrogens with one attached hydrogen (secondary N) is 1. The van der Waals surface area contributed by atoms with Crippen LogP contribution in [0.15, 0.2) is 36.7 Å².